The molecule has 2 rings (SSSR count). The third-order valence-corrected chi connectivity index (χ3v) is 4.14. The Kier molecular flexibility index (Phi) is 10.6. The Balaban J connectivity index is 0.00000312. The molecule has 25 heavy (non-hydrogen) atoms. The highest BCUT2D eigenvalue weighted by Gasteiger charge is 2.25. The predicted octanol–water partition coefficient (Wildman–Crippen LogP) is 2.48. The highest BCUT2D eigenvalue weighted by atomic mass is 127. The standard InChI is InChI=1S/C18H30N4O2.HI/c1-4-24-13-7-11-20-18(19-2)21-15-10-12-22(14-15)16-8-5-6-9-17(16)23-3;/h5-6,8-9,15H,4,7,10-14H2,1-3H3,(H2,19,20,21);1H. The maximum absolute atomic E-state index is 5.47. The molecule has 1 saturated heterocycles. The van der Waals surface area contributed by atoms with Crippen LogP contribution in [0.2, 0.25) is 0 Å². The van der Waals surface area contributed by atoms with Crippen LogP contribution < -0.4 is 20.3 Å². The van der Waals surface area contributed by atoms with Crippen molar-refractivity contribution in [1.82, 2.24) is 10.6 Å². The van der Waals surface area contributed by atoms with Crippen LogP contribution in [-0.4, -0.2) is 59.0 Å². The number of halogens is 1. The first kappa shape index (κ1) is 21.8. The molecule has 1 aromatic rings. The van der Waals surface area contributed by atoms with E-state index in [-0.39, 0.29) is 24.0 Å². The van der Waals surface area contributed by atoms with Crippen molar-refractivity contribution in [3.05, 3.63) is 24.3 Å². The molecule has 142 valence electrons. The van der Waals surface area contributed by atoms with E-state index < -0.39 is 0 Å². The molecule has 1 aromatic carbocycles. The number of nitrogens with one attached hydrogen (secondary N) is 2. The molecule has 0 aliphatic carbocycles. The second-order valence-corrected chi connectivity index (χ2v) is 5.80. The minimum atomic E-state index is 0. The third-order valence-electron chi connectivity index (χ3n) is 4.14. The van der Waals surface area contributed by atoms with Gasteiger partial charge in [-0.1, -0.05) is 12.1 Å². The molecule has 0 bridgehead atoms. The van der Waals surface area contributed by atoms with Crippen molar-refractivity contribution >= 4 is 35.6 Å². The number of hydrogen-bond acceptors (Lipinski definition) is 4. The smallest absolute Gasteiger partial charge is 0.191 e. The lowest BCUT2D eigenvalue weighted by Gasteiger charge is -2.22. The summed E-state index contributed by atoms with van der Waals surface area (Å²) >= 11 is 0. The summed E-state index contributed by atoms with van der Waals surface area (Å²) in [6.45, 7) is 6.39. The van der Waals surface area contributed by atoms with Gasteiger partial charge < -0.3 is 25.0 Å². The van der Waals surface area contributed by atoms with Crippen LogP contribution in [0.5, 0.6) is 5.75 Å². The van der Waals surface area contributed by atoms with Crippen LogP contribution >= 0.6 is 24.0 Å². The summed E-state index contributed by atoms with van der Waals surface area (Å²) in [7, 11) is 3.53. The maximum atomic E-state index is 5.47. The summed E-state index contributed by atoms with van der Waals surface area (Å²) in [4.78, 5) is 6.67. The lowest BCUT2D eigenvalue weighted by Crippen LogP contribution is -2.45. The lowest BCUT2D eigenvalue weighted by molar-refractivity contribution is 0.145. The normalized spacial score (nSPS) is 17.2. The van der Waals surface area contributed by atoms with E-state index in [1.54, 1.807) is 7.11 Å². The average molecular weight is 462 g/mol. The average Bonchev–Trinajstić information content (AvgIpc) is 3.08. The summed E-state index contributed by atoms with van der Waals surface area (Å²) in [5, 5.41) is 6.86. The highest BCUT2D eigenvalue weighted by molar-refractivity contribution is 14.0. The molecule has 6 nitrogen and oxygen atoms in total. The van der Waals surface area contributed by atoms with Crippen molar-refractivity contribution in [1.29, 1.82) is 0 Å². The second kappa shape index (κ2) is 12.2. The van der Waals surface area contributed by atoms with Gasteiger partial charge in [-0.15, -0.1) is 24.0 Å². The molecule has 1 heterocycles. The zero-order valence-corrected chi connectivity index (χ0v) is 17.8. The minimum Gasteiger partial charge on any atom is -0.495 e. The van der Waals surface area contributed by atoms with E-state index in [2.05, 4.69) is 32.7 Å². The number of ether oxygens (including phenoxy) is 2. The molecule has 7 heteroatoms. The van der Waals surface area contributed by atoms with E-state index in [4.69, 9.17) is 9.47 Å². The van der Waals surface area contributed by atoms with E-state index in [0.29, 0.717) is 6.04 Å². The first-order valence-electron chi connectivity index (χ1n) is 8.71. The Morgan fingerprint density at radius 3 is 2.88 bits per heavy atom. The van der Waals surface area contributed by atoms with Gasteiger partial charge in [-0.05, 0) is 31.9 Å². The van der Waals surface area contributed by atoms with Gasteiger partial charge in [0.1, 0.15) is 5.75 Å². The van der Waals surface area contributed by atoms with Crippen molar-refractivity contribution in [2.45, 2.75) is 25.8 Å². The van der Waals surface area contributed by atoms with Crippen LogP contribution in [0.4, 0.5) is 5.69 Å². The third kappa shape index (κ3) is 6.89. The SMILES string of the molecule is CCOCCCNC(=NC)NC1CCN(c2ccccc2OC)C1.I. The number of benzene rings is 1. The number of hydrogen-bond donors (Lipinski definition) is 2. The molecule has 0 aromatic heterocycles. The largest absolute Gasteiger partial charge is 0.495 e. The summed E-state index contributed by atoms with van der Waals surface area (Å²) in [5.41, 5.74) is 1.16. The Hall–Kier alpha value is -1.22. The fourth-order valence-electron chi connectivity index (χ4n) is 2.90. The fraction of sp³-hybridized carbons (Fsp3) is 0.611. The van der Waals surface area contributed by atoms with Gasteiger partial charge in [-0.2, -0.15) is 0 Å². The monoisotopic (exact) mass is 462 g/mol. The zero-order valence-electron chi connectivity index (χ0n) is 15.5. The summed E-state index contributed by atoms with van der Waals surface area (Å²) < 4.78 is 10.8. The quantitative estimate of drug-likeness (QED) is 0.269. The molecule has 1 aliphatic heterocycles. The number of guanidine groups is 1. The summed E-state index contributed by atoms with van der Waals surface area (Å²) in [6, 6.07) is 8.56. The fourth-order valence-corrected chi connectivity index (χ4v) is 2.90. The van der Waals surface area contributed by atoms with Crippen LogP contribution in [0.3, 0.4) is 0 Å². The van der Waals surface area contributed by atoms with Gasteiger partial charge in [0.25, 0.3) is 0 Å². The van der Waals surface area contributed by atoms with Gasteiger partial charge in [0, 0.05) is 45.9 Å². The Labute approximate surface area is 168 Å². The first-order chi connectivity index (χ1) is 11.8. The molecule has 1 fully saturated rings. The van der Waals surface area contributed by atoms with E-state index in [0.717, 1.165) is 63.1 Å². The molecule has 0 spiro atoms. The molecule has 2 N–H and O–H groups in total. The first-order valence-corrected chi connectivity index (χ1v) is 8.71. The van der Waals surface area contributed by atoms with Gasteiger partial charge in [0.2, 0.25) is 0 Å². The zero-order chi connectivity index (χ0) is 17.2. The van der Waals surface area contributed by atoms with Crippen molar-refractivity contribution in [2.75, 3.05) is 51.9 Å². The number of methoxy groups -OCH3 is 1. The van der Waals surface area contributed by atoms with Crippen LogP contribution in [-0.2, 0) is 4.74 Å². The van der Waals surface area contributed by atoms with Crippen LogP contribution in [0.25, 0.3) is 0 Å². The van der Waals surface area contributed by atoms with E-state index >= 15 is 0 Å². The summed E-state index contributed by atoms with van der Waals surface area (Å²) in [5.74, 6) is 1.79. The molecule has 1 unspecified atom stereocenters. The predicted molar refractivity (Wildman–Crippen MR) is 115 cm³/mol. The molecule has 0 radical (unpaired) electrons. The molecule has 0 saturated carbocycles. The van der Waals surface area contributed by atoms with E-state index in [1.165, 1.54) is 0 Å². The topological polar surface area (TPSA) is 58.1 Å². The number of anilines is 1. The number of rotatable bonds is 8. The Morgan fingerprint density at radius 2 is 2.16 bits per heavy atom. The van der Waals surface area contributed by atoms with Crippen LogP contribution in [0, 0.1) is 0 Å². The number of para-hydroxylation sites is 2. The molecule has 1 aliphatic rings. The Morgan fingerprint density at radius 1 is 1.36 bits per heavy atom. The van der Waals surface area contributed by atoms with Gasteiger partial charge in [0.15, 0.2) is 5.96 Å². The molecule has 1 atom stereocenters. The van der Waals surface area contributed by atoms with Crippen molar-refractivity contribution in [3.8, 4) is 5.75 Å². The minimum absolute atomic E-state index is 0. The van der Waals surface area contributed by atoms with Gasteiger partial charge in [0.05, 0.1) is 12.8 Å². The van der Waals surface area contributed by atoms with Crippen LogP contribution in [0.1, 0.15) is 19.8 Å². The van der Waals surface area contributed by atoms with Gasteiger partial charge >= 0.3 is 0 Å². The summed E-state index contributed by atoms with van der Waals surface area (Å²) in [6.07, 6.45) is 2.06. The molecule has 0 amide bonds. The van der Waals surface area contributed by atoms with Crippen molar-refractivity contribution in [2.24, 2.45) is 4.99 Å². The number of aliphatic imine (C=N–C) groups is 1. The maximum Gasteiger partial charge on any atom is 0.191 e. The Bertz CT molecular complexity index is 528. The van der Waals surface area contributed by atoms with Crippen LogP contribution in [0.15, 0.2) is 29.3 Å². The molecular formula is C18H31IN4O2. The van der Waals surface area contributed by atoms with Crippen molar-refractivity contribution in [3.63, 3.8) is 0 Å². The van der Waals surface area contributed by atoms with Gasteiger partial charge in [-0.3, -0.25) is 4.99 Å². The van der Waals surface area contributed by atoms with E-state index in [1.807, 2.05) is 26.1 Å². The van der Waals surface area contributed by atoms with E-state index in [9.17, 15) is 0 Å². The van der Waals surface area contributed by atoms with Gasteiger partial charge in [-0.25, -0.2) is 0 Å². The highest BCUT2D eigenvalue weighted by Crippen LogP contribution is 2.30. The van der Waals surface area contributed by atoms with Crippen molar-refractivity contribution < 1.29 is 9.47 Å². The second-order valence-electron chi connectivity index (χ2n) is 5.80. The number of nitrogens with zero attached hydrogens (tertiary/aromatic N) is 2. The lowest BCUT2D eigenvalue weighted by atomic mass is 10.2. The molecular weight excluding hydrogens is 431 g/mol.